The van der Waals surface area contributed by atoms with Crippen LogP contribution in [0.5, 0.6) is 0 Å². The number of sulfonamides is 1. The number of alkyl halides is 2. The first kappa shape index (κ1) is 15.0. The summed E-state index contributed by atoms with van der Waals surface area (Å²) in [6.07, 6.45) is 1.81. The van der Waals surface area contributed by atoms with E-state index in [4.69, 9.17) is 5.11 Å². The molecule has 19 heavy (non-hydrogen) atoms. The lowest BCUT2D eigenvalue weighted by molar-refractivity contribution is -0.131. The van der Waals surface area contributed by atoms with Crippen LogP contribution in [0, 0.1) is 5.82 Å². The molecule has 0 amide bonds. The van der Waals surface area contributed by atoms with E-state index in [1.807, 2.05) is 0 Å². The van der Waals surface area contributed by atoms with Crippen molar-refractivity contribution in [3.63, 3.8) is 0 Å². The van der Waals surface area contributed by atoms with Crippen molar-refractivity contribution >= 4 is 27.8 Å². The zero-order valence-corrected chi connectivity index (χ0v) is 9.99. The summed E-state index contributed by atoms with van der Waals surface area (Å²) in [5.41, 5.74) is -0.507. The van der Waals surface area contributed by atoms with Crippen molar-refractivity contribution in [2.24, 2.45) is 0 Å². The molecule has 0 aliphatic heterocycles. The summed E-state index contributed by atoms with van der Waals surface area (Å²) in [4.78, 5) is 10.2. The van der Waals surface area contributed by atoms with E-state index in [1.54, 1.807) is 0 Å². The second-order valence-corrected chi connectivity index (χ2v) is 4.97. The summed E-state index contributed by atoms with van der Waals surface area (Å²) in [7, 11) is -4.95. The fourth-order valence-electron chi connectivity index (χ4n) is 1.08. The van der Waals surface area contributed by atoms with Crippen LogP contribution in [0.1, 0.15) is 5.56 Å². The zero-order chi connectivity index (χ0) is 14.6. The molecule has 2 N–H and O–H groups in total. The minimum atomic E-state index is -4.95. The molecule has 9 heteroatoms. The average Bonchev–Trinajstić information content (AvgIpc) is 2.29. The molecule has 0 saturated heterocycles. The highest BCUT2D eigenvalue weighted by Crippen LogP contribution is 2.19. The van der Waals surface area contributed by atoms with E-state index < -0.39 is 33.3 Å². The molecule has 0 fully saturated rings. The number of halogens is 3. The molecular formula is C10H8F3NO4S. The van der Waals surface area contributed by atoms with Crippen LogP contribution in [0.3, 0.4) is 0 Å². The molecule has 0 spiro atoms. The monoisotopic (exact) mass is 295 g/mol. The highest BCUT2D eigenvalue weighted by atomic mass is 32.2. The van der Waals surface area contributed by atoms with Gasteiger partial charge in [-0.1, -0.05) is 6.07 Å². The van der Waals surface area contributed by atoms with Crippen molar-refractivity contribution in [1.82, 2.24) is 0 Å². The minimum absolute atomic E-state index is 0.139. The Hall–Kier alpha value is -2.03. The molecule has 0 bridgehead atoms. The number of nitrogens with one attached hydrogen (secondary N) is 1. The maximum absolute atomic E-state index is 13.4. The summed E-state index contributed by atoms with van der Waals surface area (Å²) in [5.74, 6) is -6.03. The number of hydrogen-bond donors (Lipinski definition) is 2. The molecule has 104 valence electrons. The van der Waals surface area contributed by atoms with Gasteiger partial charge in [-0.3, -0.25) is 4.72 Å². The fourth-order valence-corrected chi connectivity index (χ4v) is 1.64. The number of benzene rings is 1. The highest BCUT2D eigenvalue weighted by Gasteiger charge is 2.24. The molecule has 0 saturated carbocycles. The van der Waals surface area contributed by atoms with Gasteiger partial charge in [0.15, 0.2) is 0 Å². The SMILES string of the molecule is O=C(O)/C=C/c1ccc(NS(=O)(=O)C(F)F)c(F)c1. The van der Waals surface area contributed by atoms with Gasteiger partial charge in [0, 0.05) is 6.08 Å². The van der Waals surface area contributed by atoms with Crippen molar-refractivity contribution in [3.8, 4) is 0 Å². The summed E-state index contributed by atoms with van der Waals surface area (Å²) >= 11 is 0. The molecule has 5 nitrogen and oxygen atoms in total. The summed E-state index contributed by atoms with van der Waals surface area (Å²) in [5, 5.41) is 8.36. The van der Waals surface area contributed by atoms with Gasteiger partial charge in [-0.15, -0.1) is 0 Å². The minimum Gasteiger partial charge on any atom is -0.478 e. The molecule has 0 radical (unpaired) electrons. The molecule has 0 heterocycles. The maximum atomic E-state index is 13.4. The molecule has 0 aliphatic carbocycles. The summed E-state index contributed by atoms with van der Waals surface area (Å²) < 4.78 is 60.6. The number of rotatable bonds is 5. The normalized spacial score (nSPS) is 12.0. The first-order chi connectivity index (χ1) is 8.72. The van der Waals surface area contributed by atoms with Gasteiger partial charge in [0.25, 0.3) is 10.0 Å². The fraction of sp³-hybridized carbons (Fsp3) is 0.100. The van der Waals surface area contributed by atoms with Crippen LogP contribution in [0.2, 0.25) is 0 Å². The summed E-state index contributed by atoms with van der Waals surface area (Å²) in [6.45, 7) is 0. The van der Waals surface area contributed by atoms with Gasteiger partial charge < -0.3 is 5.11 Å². The van der Waals surface area contributed by atoms with E-state index in [-0.39, 0.29) is 5.56 Å². The zero-order valence-electron chi connectivity index (χ0n) is 9.18. The van der Waals surface area contributed by atoms with Crippen LogP contribution in [0.4, 0.5) is 18.9 Å². The highest BCUT2D eigenvalue weighted by molar-refractivity contribution is 7.93. The lowest BCUT2D eigenvalue weighted by Crippen LogP contribution is -2.21. The first-order valence-electron chi connectivity index (χ1n) is 4.73. The van der Waals surface area contributed by atoms with E-state index in [2.05, 4.69) is 0 Å². The third-order valence-electron chi connectivity index (χ3n) is 1.90. The quantitative estimate of drug-likeness (QED) is 0.812. The van der Waals surface area contributed by atoms with E-state index in [0.717, 1.165) is 24.3 Å². The van der Waals surface area contributed by atoms with Gasteiger partial charge in [0.2, 0.25) is 0 Å². The van der Waals surface area contributed by atoms with E-state index in [0.29, 0.717) is 0 Å². The molecule has 0 aromatic heterocycles. The topological polar surface area (TPSA) is 83.5 Å². The Morgan fingerprint density at radius 1 is 1.37 bits per heavy atom. The van der Waals surface area contributed by atoms with E-state index in [9.17, 15) is 26.4 Å². The Morgan fingerprint density at radius 2 is 2.00 bits per heavy atom. The van der Waals surface area contributed by atoms with E-state index >= 15 is 0 Å². The van der Waals surface area contributed by atoms with Gasteiger partial charge in [-0.2, -0.15) is 8.78 Å². The van der Waals surface area contributed by atoms with Gasteiger partial charge in [0.1, 0.15) is 5.82 Å². The number of carboxylic acids is 1. The summed E-state index contributed by atoms with van der Waals surface area (Å²) in [6, 6.07) is 2.89. The second kappa shape index (κ2) is 5.74. The van der Waals surface area contributed by atoms with Crippen LogP contribution in [-0.2, 0) is 14.8 Å². The van der Waals surface area contributed by atoms with Gasteiger partial charge >= 0.3 is 11.7 Å². The Kier molecular flexibility index (Phi) is 4.54. The molecule has 1 rings (SSSR count). The van der Waals surface area contributed by atoms with Gasteiger partial charge in [0.05, 0.1) is 5.69 Å². The van der Waals surface area contributed by atoms with Crippen molar-refractivity contribution in [2.45, 2.75) is 5.76 Å². The molecular weight excluding hydrogens is 287 g/mol. The molecule has 1 aromatic carbocycles. The lowest BCUT2D eigenvalue weighted by Gasteiger charge is -2.08. The number of hydrogen-bond acceptors (Lipinski definition) is 3. The largest absolute Gasteiger partial charge is 0.478 e. The van der Waals surface area contributed by atoms with Crippen molar-refractivity contribution in [1.29, 1.82) is 0 Å². The molecule has 0 atom stereocenters. The predicted molar refractivity (Wildman–Crippen MR) is 61.6 cm³/mol. The third kappa shape index (κ3) is 4.28. The number of aliphatic carboxylic acids is 1. The van der Waals surface area contributed by atoms with E-state index in [1.165, 1.54) is 10.8 Å². The molecule has 0 aliphatic rings. The number of anilines is 1. The smallest absolute Gasteiger partial charge is 0.355 e. The van der Waals surface area contributed by atoms with Gasteiger partial charge in [-0.25, -0.2) is 17.6 Å². The van der Waals surface area contributed by atoms with Crippen LogP contribution >= 0.6 is 0 Å². The Balaban J connectivity index is 2.99. The van der Waals surface area contributed by atoms with Crippen LogP contribution in [0.25, 0.3) is 6.08 Å². The Morgan fingerprint density at radius 3 is 2.47 bits per heavy atom. The molecule has 1 aromatic rings. The van der Waals surface area contributed by atoms with Crippen molar-refractivity contribution in [2.75, 3.05) is 4.72 Å². The van der Waals surface area contributed by atoms with Crippen LogP contribution in [-0.4, -0.2) is 25.3 Å². The number of carboxylic acid groups (broad SMARTS) is 1. The van der Waals surface area contributed by atoms with Crippen LogP contribution in [0.15, 0.2) is 24.3 Å². The number of carbonyl (C=O) groups is 1. The first-order valence-corrected chi connectivity index (χ1v) is 6.27. The predicted octanol–water partition coefficient (Wildman–Crippen LogP) is 1.89. The standard InChI is InChI=1S/C10H8F3NO4S/c11-7-5-6(2-4-9(15)16)1-3-8(7)14-19(17,18)10(12)13/h1-5,10,14H,(H,15,16)/b4-2+. The third-order valence-corrected chi connectivity index (χ3v) is 2.87. The lowest BCUT2D eigenvalue weighted by atomic mass is 10.2. The van der Waals surface area contributed by atoms with Crippen LogP contribution < -0.4 is 4.72 Å². The molecule has 0 unspecified atom stereocenters. The van der Waals surface area contributed by atoms with Crippen molar-refractivity contribution in [3.05, 3.63) is 35.7 Å². The average molecular weight is 295 g/mol. The van der Waals surface area contributed by atoms with Crippen molar-refractivity contribution < 1.29 is 31.5 Å². The van der Waals surface area contributed by atoms with Gasteiger partial charge in [-0.05, 0) is 23.8 Å². The maximum Gasteiger partial charge on any atom is 0.355 e. The Bertz CT molecular complexity index is 613. The Labute approximate surface area is 106 Å². The second-order valence-electron chi connectivity index (χ2n) is 3.32.